The lowest BCUT2D eigenvalue weighted by atomic mass is 9.92. The van der Waals surface area contributed by atoms with Gasteiger partial charge in [-0.05, 0) is 84.0 Å². The van der Waals surface area contributed by atoms with Gasteiger partial charge in [-0.3, -0.25) is 0 Å². The van der Waals surface area contributed by atoms with Crippen molar-refractivity contribution < 1.29 is 0 Å². The molecule has 0 saturated heterocycles. The quantitative estimate of drug-likeness (QED) is 0.250. The molecule has 2 N–H and O–H groups in total. The summed E-state index contributed by atoms with van der Waals surface area (Å²) < 4.78 is 0. The molecule has 0 heterocycles. The minimum absolute atomic E-state index is 1.12. The van der Waals surface area contributed by atoms with Gasteiger partial charge in [-0.1, -0.05) is 97.1 Å². The van der Waals surface area contributed by atoms with Crippen LogP contribution in [0.1, 0.15) is 22.3 Å². The molecule has 0 bridgehead atoms. The van der Waals surface area contributed by atoms with Crippen LogP contribution in [0.5, 0.6) is 0 Å². The van der Waals surface area contributed by atoms with E-state index >= 15 is 0 Å². The maximum Gasteiger partial charge on any atom is 0.0464 e. The molecule has 186 valence electrons. The van der Waals surface area contributed by atoms with Crippen LogP contribution in [0.25, 0.3) is 32.7 Å². The van der Waals surface area contributed by atoms with Crippen LogP contribution < -0.4 is 10.6 Å². The van der Waals surface area contributed by atoms with E-state index in [1.165, 1.54) is 66.3 Å². The highest BCUT2D eigenvalue weighted by molar-refractivity contribution is 6.11. The van der Waals surface area contributed by atoms with E-state index in [1.54, 1.807) is 0 Å². The summed E-state index contributed by atoms with van der Waals surface area (Å²) in [5, 5.41) is 12.4. The predicted molar refractivity (Wildman–Crippen MR) is 165 cm³/mol. The molecule has 6 aromatic rings. The fourth-order valence-corrected chi connectivity index (χ4v) is 5.58. The number of fused-ring (bicyclic) bond motifs is 2. The second-order valence-corrected chi connectivity index (χ2v) is 10.2. The Balaban J connectivity index is 1.49. The third-order valence-electron chi connectivity index (χ3n) is 7.62. The third kappa shape index (κ3) is 4.18. The fraction of sp³-hybridized carbons (Fsp3) is 0.111. The summed E-state index contributed by atoms with van der Waals surface area (Å²) in [4.78, 5) is 0. The van der Waals surface area contributed by atoms with E-state index in [0.29, 0.717) is 0 Å². The van der Waals surface area contributed by atoms with Gasteiger partial charge in [-0.25, -0.2) is 0 Å². The average molecular weight is 493 g/mol. The normalized spacial score (nSPS) is 11.2. The minimum atomic E-state index is 1.12. The van der Waals surface area contributed by atoms with Crippen LogP contribution >= 0.6 is 0 Å². The van der Waals surface area contributed by atoms with Gasteiger partial charge in [0.15, 0.2) is 0 Å². The summed E-state index contributed by atoms with van der Waals surface area (Å²) in [5.74, 6) is 0. The van der Waals surface area contributed by atoms with Crippen molar-refractivity contribution in [2.75, 3.05) is 10.6 Å². The predicted octanol–water partition coefficient (Wildman–Crippen LogP) is 10.4. The number of anilines is 4. The van der Waals surface area contributed by atoms with Crippen molar-refractivity contribution in [2.45, 2.75) is 27.7 Å². The number of aryl methyl sites for hydroxylation is 4. The van der Waals surface area contributed by atoms with Crippen LogP contribution in [0.2, 0.25) is 0 Å². The summed E-state index contributed by atoms with van der Waals surface area (Å²) in [7, 11) is 0. The summed E-state index contributed by atoms with van der Waals surface area (Å²) in [5.41, 5.74) is 12.1. The molecule has 0 unspecified atom stereocenters. The Labute approximate surface area is 225 Å². The molecule has 6 rings (SSSR count). The molecule has 2 heteroatoms. The first-order chi connectivity index (χ1) is 18.5. The second kappa shape index (κ2) is 9.72. The van der Waals surface area contributed by atoms with Crippen LogP contribution in [-0.4, -0.2) is 0 Å². The molecule has 0 aliphatic carbocycles. The average Bonchev–Trinajstić information content (AvgIpc) is 2.93. The molecule has 2 nitrogen and oxygen atoms in total. The highest BCUT2D eigenvalue weighted by Crippen LogP contribution is 2.40. The van der Waals surface area contributed by atoms with Gasteiger partial charge >= 0.3 is 0 Å². The molecule has 6 aromatic carbocycles. The number of hydrogen-bond acceptors (Lipinski definition) is 2. The molecular formula is C36H32N2. The van der Waals surface area contributed by atoms with Crippen molar-refractivity contribution in [1.82, 2.24) is 0 Å². The Kier molecular flexibility index (Phi) is 6.09. The van der Waals surface area contributed by atoms with Crippen molar-refractivity contribution >= 4 is 44.3 Å². The Morgan fingerprint density at radius 3 is 1.05 bits per heavy atom. The van der Waals surface area contributed by atoms with E-state index in [9.17, 15) is 0 Å². The Hall–Kier alpha value is -4.56. The van der Waals surface area contributed by atoms with Crippen molar-refractivity contribution in [1.29, 1.82) is 0 Å². The summed E-state index contributed by atoms with van der Waals surface area (Å²) in [6, 6.07) is 39.2. The van der Waals surface area contributed by atoms with Gasteiger partial charge in [0, 0.05) is 33.5 Å². The van der Waals surface area contributed by atoms with Gasteiger partial charge in [0.1, 0.15) is 0 Å². The molecular weight excluding hydrogens is 460 g/mol. The van der Waals surface area contributed by atoms with Gasteiger partial charge in [0.05, 0.1) is 0 Å². The van der Waals surface area contributed by atoms with Crippen molar-refractivity contribution in [3.63, 3.8) is 0 Å². The topological polar surface area (TPSA) is 24.1 Å². The first-order valence-electron chi connectivity index (χ1n) is 13.2. The van der Waals surface area contributed by atoms with Gasteiger partial charge in [-0.2, -0.15) is 0 Å². The van der Waals surface area contributed by atoms with Gasteiger partial charge in [0.25, 0.3) is 0 Å². The number of hydrogen-bond donors (Lipinski definition) is 2. The zero-order valence-corrected chi connectivity index (χ0v) is 22.4. The minimum Gasteiger partial charge on any atom is -0.355 e. The molecule has 0 aliphatic rings. The van der Waals surface area contributed by atoms with Crippen LogP contribution in [0, 0.1) is 27.7 Å². The molecule has 0 amide bonds. The van der Waals surface area contributed by atoms with E-state index in [0.717, 1.165) is 11.4 Å². The molecule has 0 atom stereocenters. The third-order valence-corrected chi connectivity index (χ3v) is 7.62. The molecule has 0 fully saturated rings. The van der Waals surface area contributed by atoms with Crippen molar-refractivity contribution in [3.05, 3.63) is 131 Å². The lowest BCUT2D eigenvalue weighted by molar-refractivity contribution is 1.36. The number of para-hydroxylation sites is 2. The van der Waals surface area contributed by atoms with E-state index in [4.69, 9.17) is 0 Å². The smallest absolute Gasteiger partial charge is 0.0464 e. The second-order valence-electron chi connectivity index (χ2n) is 10.2. The zero-order valence-electron chi connectivity index (χ0n) is 22.4. The lowest BCUT2D eigenvalue weighted by Gasteiger charge is -2.19. The van der Waals surface area contributed by atoms with Crippen molar-refractivity contribution in [3.8, 4) is 11.1 Å². The molecule has 0 spiro atoms. The Morgan fingerprint density at radius 1 is 0.342 bits per heavy atom. The number of rotatable bonds is 5. The molecule has 0 saturated carbocycles. The van der Waals surface area contributed by atoms with Gasteiger partial charge < -0.3 is 10.6 Å². The first kappa shape index (κ1) is 23.8. The van der Waals surface area contributed by atoms with Crippen LogP contribution in [0.15, 0.2) is 109 Å². The first-order valence-corrected chi connectivity index (χ1v) is 13.2. The fourth-order valence-electron chi connectivity index (χ4n) is 5.58. The molecule has 0 aliphatic heterocycles. The van der Waals surface area contributed by atoms with E-state index in [-0.39, 0.29) is 0 Å². The van der Waals surface area contributed by atoms with Gasteiger partial charge in [-0.15, -0.1) is 0 Å². The highest BCUT2D eigenvalue weighted by atomic mass is 14.9. The molecule has 0 aromatic heterocycles. The standard InChI is InChI=1S/C36H32N2/c1-23-11-9-12-24(2)35(23)37-33-21-19-29(27-15-5-7-17-31(27)33)30-20-22-34(32-18-8-6-16-28(30)32)38-36-25(3)13-10-14-26(36)4/h5-22,37-38H,1-4H3. The summed E-state index contributed by atoms with van der Waals surface area (Å²) in [6.07, 6.45) is 0. The van der Waals surface area contributed by atoms with Crippen LogP contribution in [0.4, 0.5) is 22.7 Å². The van der Waals surface area contributed by atoms with Crippen LogP contribution in [-0.2, 0) is 0 Å². The largest absolute Gasteiger partial charge is 0.355 e. The molecule has 0 radical (unpaired) electrons. The van der Waals surface area contributed by atoms with E-state index in [2.05, 4.69) is 148 Å². The van der Waals surface area contributed by atoms with E-state index in [1.807, 2.05) is 0 Å². The zero-order chi connectivity index (χ0) is 26.2. The summed E-state index contributed by atoms with van der Waals surface area (Å²) in [6.45, 7) is 8.64. The maximum absolute atomic E-state index is 3.74. The lowest BCUT2D eigenvalue weighted by Crippen LogP contribution is -1.98. The van der Waals surface area contributed by atoms with Crippen LogP contribution in [0.3, 0.4) is 0 Å². The SMILES string of the molecule is Cc1cccc(C)c1Nc1ccc(-c2ccc(Nc3c(C)cccc3C)c3ccccc23)c2ccccc12. The van der Waals surface area contributed by atoms with Crippen molar-refractivity contribution in [2.24, 2.45) is 0 Å². The number of nitrogens with one attached hydrogen (secondary N) is 2. The maximum atomic E-state index is 3.74. The number of benzene rings is 6. The monoisotopic (exact) mass is 492 g/mol. The van der Waals surface area contributed by atoms with Gasteiger partial charge in [0.2, 0.25) is 0 Å². The highest BCUT2D eigenvalue weighted by Gasteiger charge is 2.14. The Morgan fingerprint density at radius 2 is 0.684 bits per heavy atom. The summed E-state index contributed by atoms with van der Waals surface area (Å²) >= 11 is 0. The molecule has 38 heavy (non-hydrogen) atoms. The van der Waals surface area contributed by atoms with E-state index < -0.39 is 0 Å². The Bertz CT molecular complexity index is 1640.